The van der Waals surface area contributed by atoms with Crippen LogP contribution in [0.5, 0.6) is 17.2 Å². The van der Waals surface area contributed by atoms with Crippen LogP contribution in [0.25, 0.3) is 16.8 Å². The van der Waals surface area contributed by atoms with Crippen LogP contribution in [-0.4, -0.2) is 38.0 Å². The van der Waals surface area contributed by atoms with Crippen molar-refractivity contribution in [2.45, 2.75) is 26.8 Å². The Morgan fingerprint density at radius 2 is 1.75 bits per heavy atom. The first-order valence-electron chi connectivity index (χ1n) is 13.0. The first-order valence-corrected chi connectivity index (χ1v) is 13.8. The van der Waals surface area contributed by atoms with E-state index in [1.807, 2.05) is 61.5 Å². The van der Waals surface area contributed by atoms with Gasteiger partial charge < -0.3 is 18.9 Å². The summed E-state index contributed by atoms with van der Waals surface area (Å²) in [5, 5.41) is 1.83. The van der Waals surface area contributed by atoms with Crippen LogP contribution in [0.4, 0.5) is 0 Å². The number of ether oxygens (including phenoxy) is 4. The summed E-state index contributed by atoms with van der Waals surface area (Å²) in [7, 11) is 3.16. The van der Waals surface area contributed by atoms with Crippen molar-refractivity contribution >= 4 is 34.2 Å². The predicted molar refractivity (Wildman–Crippen MR) is 155 cm³/mol. The topological polar surface area (TPSA) is 88.4 Å². The number of nitrogens with zero attached hydrogens (tertiary/aromatic N) is 2. The summed E-state index contributed by atoms with van der Waals surface area (Å²) in [6.07, 6.45) is 1.79. The van der Waals surface area contributed by atoms with Crippen LogP contribution in [0.1, 0.15) is 37.9 Å². The van der Waals surface area contributed by atoms with E-state index in [1.165, 1.54) is 11.3 Å². The van der Waals surface area contributed by atoms with Gasteiger partial charge in [-0.3, -0.25) is 9.36 Å². The van der Waals surface area contributed by atoms with E-state index in [1.54, 1.807) is 38.7 Å². The Labute approximate surface area is 235 Å². The van der Waals surface area contributed by atoms with Crippen molar-refractivity contribution in [3.05, 3.63) is 96.7 Å². The van der Waals surface area contributed by atoms with Crippen LogP contribution in [0.3, 0.4) is 0 Å². The largest absolute Gasteiger partial charge is 0.496 e. The molecule has 0 unspecified atom stereocenters. The molecule has 1 atom stereocenters. The molecule has 5 rings (SSSR count). The van der Waals surface area contributed by atoms with Crippen LogP contribution in [0, 0.1) is 0 Å². The lowest BCUT2D eigenvalue weighted by atomic mass is 9.90. The number of benzene rings is 3. The first kappa shape index (κ1) is 27.2. The Hall–Kier alpha value is -4.37. The van der Waals surface area contributed by atoms with Gasteiger partial charge in [-0.1, -0.05) is 47.7 Å². The number of thiazole rings is 1. The maximum absolute atomic E-state index is 14.1. The van der Waals surface area contributed by atoms with Crippen LogP contribution >= 0.6 is 11.3 Å². The Morgan fingerprint density at radius 3 is 2.48 bits per heavy atom. The van der Waals surface area contributed by atoms with Crippen LogP contribution in [0.2, 0.25) is 0 Å². The lowest BCUT2D eigenvalue weighted by molar-refractivity contribution is -0.139. The quantitative estimate of drug-likeness (QED) is 0.299. The zero-order valence-electron chi connectivity index (χ0n) is 23.0. The molecule has 206 valence electrons. The highest BCUT2D eigenvalue weighted by atomic mass is 32.1. The van der Waals surface area contributed by atoms with Gasteiger partial charge in [0.1, 0.15) is 11.8 Å². The molecule has 1 aliphatic heterocycles. The smallest absolute Gasteiger partial charge is 0.338 e. The summed E-state index contributed by atoms with van der Waals surface area (Å²) in [6, 6.07) is 16.4. The van der Waals surface area contributed by atoms with E-state index < -0.39 is 12.0 Å². The lowest BCUT2D eigenvalue weighted by Crippen LogP contribution is -2.40. The molecular weight excluding hydrogens is 528 g/mol. The van der Waals surface area contributed by atoms with Crippen molar-refractivity contribution in [2.24, 2.45) is 4.99 Å². The zero-order valence-corrected chi connectivity index (χ0v) is 23.8. The van der Waals surface area contributed by atoms with E-state index in [4.69, 9.17) is 23.9 Å². The predicted octanol–water partition coefficient (Wildman–Crippen LogP) is 4.37. The molecule has 0 radical (unpaired) electrons. The molecule has 4 aromatic rings. The Bertz CT molecular complexity index is 1820. The van der Waals surface area contributed by atoms with E-state index in [0.717, 1.165) is 16.3 Å². The molecule has 40 heavy (non-hydrogen) atoms. The molecule has 9 heteroatoms. The number of esters is 1. The standard InChI is InChI=1S/C31H30N2O6S/c1-6-38-22-14-12-19(16-24(22)37-5)17-25-29(34)33-28(26(30(35)39-7-2)18(3)32-31(33)40-25)27-21-11-9-8-10-20(21)13-15-23(27)36-4/h8-17,28H,6-7H2,1-5H3/b25-17+/t28-/m0/s1. The molecule has 0 spiro atoms. The first-order chi connectivity index (χ1) is 19.4. The van der Waals surface area contributed by atoms with Crippen LogP contribution < -0.4 is 29.1 Å². The van der Waals surface area contributed by atoms with Crippen molar-refractivity contribution in [2.75, 3.05) is 27.4 Å². The summed E-state index contributed by atoms with van der Waals surface area (Å²) in [6.45, 7) is 6.13. The summed E-state index contributed by atoms with van der Waals surface area (Å²) in [5.41, 5.74) is 2.00. The highest BCUT2D eigenvalue weighted by Gasteiger charge is 2.36. The fourth-order valence-electron chi connectivity index (χ4n) is 5.00. The summed E-state index contributed by atoms with van der Waals surface area (Å²) in [4.78, 5) is 32.7. The molecule has 0 amide bonds. The van der Waals surface area contributed by atoms with Gasteiger partial charge in [0.2, 0.25) is 0 Å². The van der Waals surface area contributed by atoms with Gasteiger partial charge in [0, 0.05) is 5.56 Å². The van der Waals surface area contributed by atoms with E-state index in [9.17, 15) is 9.59 Å². The molecule has 8 nitrogen and oxygen atoms in total. The zero-order chi connectivity index (χ0) is 28.4. The van der Waals surface area contributed by atoms with Crippen molar-refractivity contribution < 1.29 is 23.7 Å². The van der Waals surface area contributed by atoms with E-state index in [2.05, 4.69) is 0 Å². The Morgan fingerprint density at radius 1 is 1.00 bits per heavy atom. The molecule has 1 aromatic heterocycles. The Balaban J connectivity index is 1.79. The average Bonchev–Trinajstić information content (AvgIpc) is 3.26. The highest BCUT2D eigenvalue weighted by Crippen LogP contribution is 2.40. The summed E-state index contributed by atoms with van der Waals surface area (Å²) in [5.74, 6) is 1.24. The molecule has 0 bridgehead atoms. The molecule has 0 aliphatic carbocycles. The van der Waals surface area contributed by atoms with Gasteiger partial charge in [-0.2, -0.15) is 0 Å². The van der Waals surface area contributed by atoms with Gasteiger partial charge in [-0.25, -0.2) is 9.79 Å². The number of methoxy groups -OCH3 is 2. The molecule has 2 heterocycles. The third kappa shape index (κ3) is 4.77. The second kappa shape index (κ2) is 11.4. The van der Waals surface area contributed by atoms with Crippen molar-refractivity contribution in [3.8, 4) is 17.2 Å². The van der Waals surface area contributed by atoms with Crippen molar-refractivity contribution in [1.29, 1.82) is 0 Å². The van der Waals surface area contributed by atoms with E-state index in [0.29, 0.717) is 50.0 Å². The minimum Gasteiger partial charge on any atom is -0.496 e. The van der Waals surface area contributed by atoms with Gasteiger partial charge in [0.05, 0.1) is 43.2 Å². The monoisotopic (exact) mass is 558 g/mol. The fraction of sp³-hybridized carbons (Fsp3) is 0.258. The van der Waals surface area contributed by atoms with Crippen molar-refractivity contribution in [1.82, 2.24) is 4.57 Å². The Kier molecular flexibility index (Phi) is 7.75. The number of rotatable bonds is 8. The van der Waals surface area contributed by atoms with Crippen LogP contribution in [-0.2, 0) is 9.53 Å². The average molecular weight is 559 g/mol. The fourth-order valence-corrected chi connectivity index (χ4v) is 6.05. The van der Waals surface area contributed by atoms with Crippen molar-refractivity contribution in [3.63, 3.8) is 0 Å². The maximum Gasteiger partial charge on any atom is 0.338 e. The number of hydrogen-bond acceptors (Lipinski definition) is 8. The number of hydrogen-bond donors (Lipinski definition) is 0. The molecule has 0 fully saturated rings. The molecule has 1 aliphatic rings. The van der Waals surface area contributed by atoms with E-state index in [-0.39, 0.29) is 12.2 Å². The number of allylic oxidation sites excluding steroid dienone is 1. The molecule has 3 aromatic carbocycles. The second-order valence-corrected chi connectivity index (χ2v) is 10.1. The van der Waals surface area contributed by atoms with Gasteiger partial charge in [0.15, 0.2) is 16.3 Å². The molecule has 0 saturated carbocycles. The maximum atomic E-state index is 14.1. The normalized spacial score (nSPS) is 15.0. The lowest BCUT2D eigenvalue weighted by Gasteiger charge is -2.27. The van der Waals surface area contributed by atoms with E-state index >= 15 is 0 Å². The number of fused-ring (bicyclic) bond motifs is 2. The summed E-state index contributed by atoms with van der Waals surface area (Å²) < 4.78 is 24.4. The highest BCUT2D eigenvalue weighted by molar-refractivity contribution is 7.07. The third-order valence-corrected chi connectivity index (χ3v) is 7.71. The second-order valence-electron chi connectivity index (χ2n) is 9.05. The number of aromatic nitrogens is 1. The number of carbonyl (C=O) groups is 1. The molecule has 0 saturated heterocycles. The van der Waals surface area contributed by atoms with Gasteiger partial charge in [0.25, 0.3) is 5.56 Å². The van der Waals surface area contributed by atoms with Crippen LogP contribution in [0.15, 0.2) is 75.7 Å². The SMILES string of the molecule is CCOC(=O)C1=C(C)N=c2s/c(=C/c3ccc(OCC)c(OC)c3)c(=O)n2[C@@H]1c1c(OC)ccc2ccccc12. The minimum absolute atomic E-state index is 0.193. The summed E-state index contributed by atoms with van der Waals surface area (Å²) >= 11 is 1.26. The molecule has 0 N–H and O–H groups in total. The van der Waals surface area contributed by atoms with Gasteiger partial charge >= 0.3 is 5.97 Å². The third-order valence-electron chi connectivity index (χ3n) is 6.73. The minimum atomic E-state index is -0.798. The van der Waals surface area contributed by atoms with Gasteiger partial charge in [-0.15, -0.1) is 0 Å². The number of carbonyl (C=O) groups excluding carboxylic acids is 1. The van der Waals surface area contributed by atoms with Gasteiger partial charge in [-0.05, 0) is 61.4 Å². The molecular formula is C31H30N2O6S.